The fraction of sp³-hybridized carbons (Fsp3) is 0.703. The van der Waals surface area contributed by atoms with E-state index in [0.717, 1.165) is 0 Å². The van der Waals surface area contributed by atoms with Crippen molar-refractivity contribution in [1.29, 1.82) is 0 Å². The Labute approximate surface area is 870 Å². The van der Waals surface area contributed by atoms with Gasteiger partial charge in [-0.25, -0.2) is 0 Å². The number of rotatable bonds is 36. The topological polar surface area (TPSA) is 1400 Å². The zero-order chi connectivity index (χ0) is 122. The Hall–Kier alpha value is -10.6. The molecule has 0 aliphatic rings. The molecule has 0 rings (SSSR count). The Bertz CT molecular complexity index is 2880. The van der Waals surface area contributed by atoms with Gasteiger partial charge in [0.1, 0.15) is 72.5 Å². The van der Waals surface area contributed by atoms with Crippen LogP contribution in [0, 0.1) is 35.5 Å². The van der Waals surface area contributed by atoms with Crippen molar-refractivity contribution in [3.8, 4) is 0 Å². The molecule has 1 radical (unpaired) electrons. The molecule has 0 unspecified atom stereocenters. The Morgan fingerprint density at radius 1 is 0.193 bits per heavy atom. The van der Waals surface area contributed by atoms with Gasteiger partial charge in [0.2, 0.25) is 0 Å². The molecule has 873 valence electrons. The van der Waals surface area contributed by atoms with Gasteiger partial charge in [-0.1, -0.05) is 83.1 Å². The summed E-state index contributed by atoms with van der Waals surface area (Å²) in [4.78, 5) is 212. The molecule has 14 atom stereocenters. The second-order valence-electron chi connectivity index (χ2n) is 28.3. The molecule has 145 heavy (non-hydrogen) atoms. The van der Waals surface area contributed by atoms with Crippen LogP contribution in [0.3, 0.4) is 0 Å². The van der Waals surface area contributed by atoms with Gasteiger partial charge in [0.25, 0.3) is 0 Å². The standard InChI is InChI=1S/4C6H13NO2.2C5H11NO2.4C3H7NO2S.4C3H7NO2.8C2H5NO2.Cu/c4*1-4(2)3-5(7)6(8)9;2*1-3(2)4(6)5(7)8;4*4-2(1-7)3(5)6;4*1-2(4)3(5)6;8*3-1-2(4)5;/h4*4-5H,3,7H2,1-2H3,(H,8,9);2*3-4H,6H2,1-2H3,(H,7,8);4*2,7H,1,4H2,(H,5,6);4*2H,4H2,1H3,(H,5,6);8*1,3H2,(H,4,5);/q;;;;;;;;;;;;;;;;;;;;;;+2/p-2/t4*5-;2*4-;8*2-;;;;;;;;;/m00000000000000........./s1. The third-order valence-corrected chi connectivity index (χ3v) is 12.7. The fourth-order valence-electron chi connectivity index (χ4n) is 3.31. The minimum absolute atomic E-state index is 0. The fourth-order valence-corrected chi connectivity index (χ4v) is 3.92. The molecule has 0 saturated heterocycles. The summed E-state index contributed by atoms with van der Waals surface area (Å²) in [6.07, 6.45) is 2.20. The molecular weight excluding hydrogens is 2090 g/mol. The number of carbonyl (C=O) groups excluding carboxylic acids is 2. The Kier molecular flexibility index (Phi) is 180. The summed E-state index contributed by atoms with van der Waals surface area (Å²) in [6.45, 7) is 26.1. The van der Waals surface area contributed by atoms with Crippen molar-refractivity contribution >= 4 is 182 Å². The van der Waals surface area contributed by atoms with E-state index in [1.54, 1.807) is 27.7 Å². The second-order valence-corrected chi connectivity index (χ2v) is 29.7. The van der Waals surface area contributed by atoms with Crippen LogP contribution in [-0.2, 0) is 123 Å². The predicted molar refractivity (Wildman–Crippen MR) is 532 cm³/mol. The summed E-state index contributed by atoms with van der Waals surface area (Å²) < 4.78 is 0. The molecule has 0 amide bonds. The number of thiol groups is 4. The van der Waals surface area contributed by atoms with Crippen LogP contribution in [0.25, 0.3) is 0 Å². The Balaban J connectivity index is -0.0000000513. The molecule has 0 saturated carbocycles. The van der Waals surface area contributed by atoms with E-state index >= 15 is 0 Å². The van der Waals surface area contributed by atoms with Crippen molar-refractivity contribution in [3.05, 3.63) is 0 Å². The second kappa shape index (κ2) is 135. The molecule has 66 nitrogen and oxygen atoms in total. The molecule has 64 N–H and O–H groups in total. The summed E-state index contributed by atoms with van der Waals surface area (Å²) in [5.74, 6) is -19.5. The zero-order valence-corrected chi connectivity index (χ0v) is 87.9. The molecule has 0 aromatic heterocycles. The van der Waals surface area contributed by atoms with Gasteiger partial charge in [0.15, 0.2) is 0 Å². The molecule has 0 aromatic carbocycles. The van der Waals surface area contributed by atoms with E-state index in [4.69, 9.17) is 182 Å². The third-order valence-electron chi connectivity index (χ3n) is 11.2. The maximum Gasteiger partial charge on any atom is 2.00 e. The molecule has 0 bridgehead atoms. The van der Waals surface area contributed by atoms with E-state index in [2.05, 4.69) is 96.4 Å². The van der Waals surface area contributed by atoms with Gasteiger partial charge in [-0.2, -0.15) is 50.5 Å². The number of carboxylic acid groups (broad SMARTS) is 22. The summed E-state index contributed by atoms with van der Waals surface area (Å²) in [5.41, 5.74) is 107. The van der Waals surface area contributed by atoms with Crippen LogP contribution in [0.5, 0.6) is 0 Å². The van der Waals surface area contributed by atoms with Crippen molar-refractivity contribution in [2.24, 2.45) is 162 Å². The van der Waals surface area contributed by atoms with Gasteiger partial charge in [-0.3, -0.25) is 95.9 Å². The van der Waals surface area contributed by atoms with Crippen molar-refractivity contribution in [1.82, 2.24) is 0 Å². The van der Waals surface area contributed by atoms with E-state index < -0.39 is 216 Å². The van der Waals surface area contributed by atoms with Crippen molar-refractivity contribution in [2.75, 3.05) is 75.4 Å². The minimum atomic E-state index is -1.25. The molecule has 0 aromatic rings. The molecular formula is C74H168CuN22O44S4. The van der Waals surface area contributed by atoms with E-state index in [9.17, 15) is 116 Å². The van der Waals surface area contributed by atoms with Crippen LogP contribution < -0.4 is 136 Å². The number of carboxylic acids is 22. The van der Waals surface area contributed by atoms with Crippen LogP contribution >= 0.6 is 50.5 Å². The van der Waals surface area contributed by atoms with E-state index in [0.29, 0.717) is 49.4 Å². The summed E-state index contributed by atoms with van der Waals surface area (Å²) >= 11 is 14.5. The summed E-state index contributed by atoms with van der Waals surface area (Å²) in [5, 5.41) is 177. The van der Waals surface area contributed by atoms with Crippen molar-refractivity contribution < 1.29 is 235 Å². The average molecular weight is 2260 g/mol. The molecule has 0 spiro atoms. The van der Waals surface area contributed by atoms with Gasteiger partial charge in [-0.05, 0) is 88.9 Å². The summed E-state index contributed by atoms with van der Waals surface area (Å²) in [7, 11) is 0. The van der Waals surface area contributed by atoms with Crippen LogP contribution in [0.2, 0.25) is 0 Å². The zero-order valence-electron chi connectivity index (χ0n) is 83.4. The molecule has 0 heterocycles. The molecule has 0 aliphatic heterocycles. The van der Waals surface area contributed by atoms with Gasteiger partial charge >= 0.3 is 136 Å². The maximum atomic E-state index is 10.1. The van der Waals surface area contributed by atoms with Crippen LogP contribution in [0.15, 0.2) is 0 Å². The van der Waals surface area contributed by atoms with Crippen LogP contribution in [0.1, 0.15) is 136 Å². The smallest absolute Gasteiger partial charge is 0.548 e. The first-order valence-electron chi connectivity index (χ1n) is 40.2. The number of nitrogens with two attached hydrogens (primary N) is 22. The number of hydrogen-bond acceptors (Lipinski definition) is 50. The van der Waals surface area contributed by atoms with Crippen molar-refractivity contribution in [3.63, 3.8) is 0 Å². The van der Waals surface area contributed by atoms with Gasteiger partial charge in [0, 0.05) is 23.0 Å². The molecule has 71 heteroatoms. The van der Waals surface area contributed by atoms with E-state index in [-0.39, 0.29) is 104 Å². The number of carbonyl (C=O) groups is 22. The average Bonchev–Trinajstić information content (AvgIpc) is 0.981. The van der Waals surface area contributed by atoms with Crippen LogP contribution in [0.4, 0.5) is 0 Å². The quantitative estimate of drug-likeness (QED) is 0.0205. The van der Waals surface area contributed by atoms with Gasteiger partial charge in [0.05, 0.1) is 76.4 Å². The monoisotopic (exact) mass is 2260 g/mol. The first-order valence-corrected chi connectivity index (χ1v) is 42.8. The Morgan fingerprint density at radius 3 is 0.290 bits per heavy atom. The molecule has 0 fully saturated rings. The number of hydrogen-bond donors (Lipinski definition) is 46. The number of aliphatic carboxylic acids is 22. The van der Waals surface area contributed by atoms with Crippen molar-refractivity contribution in [2.45, 2.75) is 221 Å². The normalized spacial score (nSPS) is 11.9. The van der Waals surface area contributed by atoms with E-state index in [1.165, 1.54) is 27.7 Å². The summed E-state index contributed by atoms with van der Waals surface area (Å²) in [6, 6.07) is -10.6. The Morgan fingerprint density at radius 2 is 0.283 bits per heavy atom. The first kappa shape index (κ1) is 193. The predicted octanol–water partition coefficient (Wildman–Crippen LogP) is -13.6. The maximum absolute atomic E-state index is 10.1. The largest absolute Gasteiger partial charge is 2.00 e. The molecule has 0 aliphatic carbocycles. The minimum Gasteiger partial charge on any atom is -0.548 e. The van der Waals surface area contributed by atoms with Crippen LogP contribution in [-0.4, -0.2) is 393 Å². The van der Waals surface area contributed by atoms with E-state index in [1.807, 2.05) is 55.4 Å². The van der Waals surface area contributed by atoms with Gasteiger partial charge < -0.3 is 248 Å². The first-order chi connectivity index (χ1) is 64.7. The third kappa shape index (κ3) is 264. The van der Waals surface area contributed by atoms with Gasteiger partial charge in [-0.15, -0.1) is 0 Å². The SMILES string of the molecule is CC(C)C[C@H](N)C(=O)O.CC(C)C[C@H](N)C(=O)O.CC(C)C[C@H](N)C(=O)O.CC(C)C[C@H](N)C(=O)O.CC(C)[C@H](N)C(=O)O.CC(C)[C@H](N)C(=O)O.C[C@H](N)C(=O)O.C[C@H](N)C(=O)O.C[C@H](N)C(=O)O.C[C@H](N)C(=O)O.NCC(=O)O.NCC(=O)O.NCC(=O)O.NCC(=O)O.NCC(=O)O.NCC(=O)O.NCC(=O)O.NCC(=O)O.N[C@@H](CS)C(=O)O.N[C@@H](CS)C(=O)O.N[C@@H](CS)C(=O)[O-].N[C@@H](CS)C(=O)[O-].[Cu+2].